The van der Waals surface area contributed by atoms with Gasteiger partial charge in [-0.1, -0.05) is 11.2 Å². The number of likely N-dealkylation sites (tertiary alicyclic amines) is 1. The molecule has 0 aromatic carbocycles. The Morgan fingerprint density at radius 1 is 1.41 bits per heavy atom. The van der Waals surface area contributed by atoms with Crippen molar-refractivity contribution in [1.82, 2.24) is 20.4 Å². The normalized spacial score (nSPS) is 16.4. The molecule has 2 aromatic heterocycles. The molecule has 1 amide bonds. The molecule has 1 N–H and O–H groups in total. The molecule has 1 aliphatic heterocycles. The van der Waals surface area contributed by atoms with Crippen LogP contribution >= 0.6 is 11.3 Å². The van der Waals surface area contributed by atoms with Gasteiger partial charge in [-0.25, -0.2) is 4.79 Å². The Morgan fingerprint density at radius 2 is 2.19 bits per heavy atom. The van der Waals surface area contributed by atoms with Gasteiger partial charge in [0.05, 0.1) is 4.88 Å². The molecular formula is C19H28N4O3S. The maximum Gasteiger partial charge on any atom is 0.407 e. The van der Waals surface area contributed by atoms with Crippen molar-refractivity contribution in [3.05, 3.63) is 23.4 Å². The Hall–Kier alpha value is -1.93. The lowest BCUT2D eigenvalue weighted by atomic mass is 10.0. The lowest BCUT2D eigenvalue weighted by Gasteiger charge is -2.32. The average Bonchev–Trinajstić information content (AvgIpc) is 3.25. The van der Waals surface area contributed by atoms with Crippen LogP contribution in [0, 0.1) is 0 Å². The van der Waals surface area contributed by atoms with Gasteiger partial charge in [0.15, 0.2) is 0 Å². The molecule has 0 unspecified atom stereocenters. The third-order valence-corrected chi connectivity index (χ3v) is 5.25. The summed E-state index contributed by atoms with van der Waals surface area (Å²) in [5.41, 5.74) is -0.455. The minimum Gasteiger partial charge on any atom is -0.444 e. The highest BCUT2D eigenvalue weighted by Gasteiger charge is 2.23. The summed E-state index contributed by atoms with van der Waals surface area (Å²) in [5.74, 6) is 1.37. The summed E-state index contributed by atoms with van der Waals surface area (Å²) in [7, 11) is 0. The molecule has 148 valence electrons. The monoisotopic (exact) mass is 392 g/mol. The molecule has 0 saturated carbocycles. The lowest BCUT2D eigenvalue weighted by Crippen LogP contribution is -2.46. The number of hydrogen-bond donors (Lipinski definition) is 1. The number of alkyl carbamates (subject to hydrolysis) is 1. The Morgan fingerprint density at radius 3 is 2.85 bits per heavy atom. The first-order valence-electron chi connectivity index (χ1n) is 9.47. The van der Waals surface area contributed by atoms with Gasteiger partial charge in [0.2, 0.25) is 11.7 Å². The minimum atomic E-state index is -0.455. The summed E-state index contributed by atoms with van der Waals surface area (Å²) >= 11 is 1.61. The van der Waals surface area contributed by atoms with Crippen LogP contribution in [0.15, 0.2) is 22.0 Å². The molecule has 1 aliphatic rings. The van der Waals surface area contributed by atoms with Gasteiger partial charge < -0.3 is 19.5 Å². The zero-order valence-corrected chi connectivity index (χ0v) is 17.1. The van der Waals surface area contributed by atoms with E-state index in [-0.39, 0.29) is 12.1 Å². The molecule has 7 nitrogen and oxygen atoms in total. The maximum absolute atomic E-state index is 11.9. The highest BCUT2D eigenvalue weighted by atomic mass is 32.1. The van der Waals surface area contributed by atoms with E-state index >= 15 is 0 Å². The van der Waals surface area contributed by atoms with Crippen molar-refractivity contribution in [3.63, 3.8) is 0 Å². The third-order valence-electron chi connectivity index (χ3n) is 4.38. The van der Waals surface area contributed by atoms with Crippen LogP contribution in [-0.2, 0) is 11.2 Å². The molecule has 3 rings (SSSR count). The number of nitrogens with zero attached hydrogens (tertiary/aromatic N) is 3. The van der Waals surface area contributed by atoms with Crippen molar-refractivity contribution in [1.29, 1.82) is 0 Å². The topological polar surface area (TPSA) is 80.5 Å². The van der Waals surface area contributed by atoms with E-state index in [1.165, 1.54) is 0 Å². The fourth-order valence-electron chi connectivity index (χ4n) is 3.09. The summed E-state index contributed by atoms with van der Waals surface area (Å²) in [6.45, 7) is 8.58. The van der Waals surface area contributed by atoms with E-state index in [1.54, 1.807) is 11.3 Å². The highest BCUT2D eigenvalue weighted by molar-refractivity contribution is 7.13. The quantitative estimate of drug-likeness (QED) is 0.807. The van der Waals surface area contributed by atoms with Crippen LogP contribution in [0.25, 0.3) is 10.7 Å². The maximum atomic E-state index is 11.9. The minimum absolute atomic E-state index is 0.195. The zero-order valence-electron chi connectivity index (χ0n) is 16.2. The standard InChI is InChI=1S/C19H28N4O3S/c1-19(2,3)25-18(24)20-14-8-11-23(12-9-14)10-4-7-16-21-17(22-26-16)15-6-5-13-27-15/h5-6,13-14H,4,7-12H2,1-3H3,(H,20,24). The van der Waals surface area contributed by atoms with Crippen molar-refractivity contribution in [2.24, 2.45) is 0 Å². The molecule has 0 aliphatic carbocycles. The Kier molecular flexibility index (Phi) is 6.49. The summed E-state index contributed by atoms with van der Waals surface area (Å²) in [6, 6.07) is 4.17. The van der Waals surface area contributed by atoms with Gasteiger partial charge in [0.25, 0.3) is 0 Å². The Balaban J connectivity index is 1.33. The molecule has 0 atom stereocenters. The van der Waals surface area contributed by atoms with Crippen molar-refractivity contribution in [2.45, 2.75) is 58.1 Å². The molecule has 8 heteroatoms. The molecule has 1 fully saturated rings. The smallest absolute Gasteiger partial charge is 0.407 e. The molecule has 0 radical (unpaired) electrons. The fourth-order valence-corrected chi connectivity index (χ4v) is 3.74. The number of carbonyl (C=O) groups is 1. The van der Waals surface area contributed by atoms with Crippen molar-refractivity contribution >= 4 is 17.4 Å². The zero-order chi connectivity index (χ0) is 19.3. The number of rotatable bonds is 6. The number of aromatic nitrogens is 2. The van der Waals surface area contributed by atoms with Crippen molar-refractivity contribution in [2.75, 3.05) is 19.6 Å². The SMILES string of the molecule is CC(C)(C)OC(=O)NC1CCN(CCCc2nc(-c3cccs3)no2)CC1. The average molecular weight is 393 g/mol. The second kappa shape index (κ2) is 8.84. The van der Waals surface area contributed by atoms with Crippen LogP contribution in [0.4, 0.5) is 4.79 Å². The highest BCUT2D eigenvalue weighted by Crippen LogP contribution is 2.21. The van der Waals surface area contributed by atoms with E-state index in [0.29, 0.717) is 11.7 Å². The summed E-state index contributed by atoms with van der Waals surface area (Å²) < 4.78 is 10.7. The first-order chi connectivity index (χ1) is 12.9. The number of carbonyl (C=O) groups excluding carboxylic acids is 1. The van der Waals surface area contributed by atoms with Gasteiger partial charge >= 0.3 is 6.09 Å². The number of hydrogen-bond acceptors (Lipinski definition) is 7. The van der Waals surface area contributed by atoms with Crippen LogP contribution < -0.4 is 5.32 Å². The van der Waals surface area contributed by atoms with Gasteiger partial charge in [0.1, 0.15) is 5.60 Å². The summed E-state index contributed by atoms with van der Waals surface area (Å²) in [4.78, 5) is 19.8. The molecule has 1 saturated heterocycles. The van der Waals surface area contributed by atoms with E-state index in [4.69, 9.17) is 9.26 Å². The number of ether oxygens (including phenoxy) is 1. The number of piperidine rings is 1. The number of thiophene rings is 1. The molecule has 0 bridgehead atoms. The van der Waals surface area contributed by atoms with E-state index in [2.05, 4.69) is 20.4 Å². The van der Waals surface area contributed by atoms with Crippen LogP contribution in [-0.4, -0.2) is 52.4 Å². The van der Waals surface area contributed by atoms with Crippen molar-refractivity contribution < 1.29 is 14.1 Å². The molecule has 2 aromatic rings. The van der Waals surface area contributed by atoms with Crippen LogP contribution in [0.2, 0.25) is 0 Å². The second-order valence-corrected chi connectivity index (χ2v) is 8.80. The van der Waals surface area contributed by atoms with E-state index < -0.39 is 5.60 Å². The van der Waals surface area contributed by atoms with Crippen LogP contribution in [0.5, 0.6) is 0 Å². The molecule has 27 heavy (non-hydrogen) atoms. The Labute approximate surface area is 164 Å². The number of amides is 1. The van der Waals surface area contributed by atoms with E-state index in [9.17, 15) is 4.79 Å². The predicted octanol–water partition coefficient (Wildman–Crippen LogP) is 3.72. The summed E-state index contributed by atoms with van der Waals surface area (Å²) in [5, 5.41) is 9.03. The van der Waals surface area contributed by atoms with E-state index in [0.717, 1.165) is 50.2 Å². The second-order valence-electron chi connectivity index (χ2n) is 7.85. The predicted molar refractivity (Wildman–Crippen MR) is 105 cm³/mol. The first kappa shape index (κ1) is 19.8. The van der Waals surface area contributed by atoms with Gasteiger partial charge in [0, 0.05) is 25.6 Å². The van der Waals surface area contributed by atoms with Gasteiger partial charge in [-0.05, 0) is 58.0 Å². The van der Waals surface area contributed by atoms with Crippen LogP contribution in [0.1, 0.15) is 45.9 Å². The third kappa shape index (κ3) is 6.32. The van der Waals surface area contributed by atoms with Gasteiger partial charge in [-0.2, -0.15) is 4.98 Å². The lowest BCUT2D eigenvalue weighted by molar-refractivity contribution is 0.0479. The first-order valence-corrected chi connectivity index (χ1v) is 10.4. The number of aryl methyl sites for hydroxylation is 1. The molecule has 3 heterocycles. The van der Waals surface area contributed by atoms with E-state index in [1.807, 2.05) is 38.3 Å². The Bertz CT molecular complexity index is 716. The molecule has 0 spiro atoms. The number of nitrogens with one attached hydrogen (secondary N) is 1. The van der Waals surface area contributed by atoms with Gasteiger partial charge in [-0.3, -0.25) is 0 Å². The van der Waals surface area contributed by atoms with Crippen molar-refractivity contribution in [3.8, 4) is 10.7 Å². The van der Waals surface area contributed by atoms with Crippen LogP contribution in [0.3, 0.4) is 0 Å². The molecular weight excluding hydrogens is 364 g/mol. The summed E-state index contributed by atoms with van der Waals surface area (Å²) in [6.07, 6.45) is 3.34. The largest absolute Gasteiger partial charge is 0.444 e. The fraction of sp³-hybridized carbons (Fsp3) is 0.632. The van der Waals surface area contributed by atoms with Gasteiger partial charge in [-0.15, -0.1) is 11.3 Å².